The summed E-state index contributed by atoms with van der Waals surface area (Å²) in [5.41, 5.74) is 1.07. The largest absolute Gasteiger partial charge is 0.417 e. The number of halogens is 3. The number of amides is 2. The summed E-state index contributed by atoms with van der Waals surface area (Å²) in [5, 5.41) is 6.30. The molecule has 1 aromatic rings. The van der Waals surface area contributed by atoms with Gasteiger partial charge in [-0.15, -0.1) is 0 Å². The number of hydrogen-bond donors (Lipinski definition) is 2. The Kier molecular flexibility index (Phi) is 6.55. The van der Waals surface area contributed by atoms with E-state index in [2.05, 4.69) is 15.8 Å². The molecule has 1 saturated carbocycles. The number of hydrazone groups is 1. The van der Waals surface area contributed by atoms with Crippen molar-refractivity contribution in [1.29, 1.82) is 0 Å². The fraction of sp³-hybridized carbons (Fsp3) is 0.471. The third-order valence-corrected chi connectivity index (χ3v) is 3.95. The highest BCUT2D eigenvalue weighted by Gasteiger charge is 2.32. The smallest absolute Gasteiger partial charge is 0.353 e. The molecule has 1 aromatic carbocycles. The van der Waals surface area contributed by atoms with E-state index in [0.29, 0.717) is 0 Å². The van der Waals surface area contributed by atoms with Gasteiger partial charge in [0.2, 0.25) is 11.8 Å². The van der Waals surface area contributed by atoms with Crippen molar-refractivity contribution in [2.45, 2.75) is 50.7 Å². The molecule has 0 aromatic heterocycles. The summed E-state index contributed by atoms with van der Waals surface area (Å²) in [4.78, 5) is 23.4. The number of benzene rings is 1. The summed E-state index contributed by atoms with van der Waals surface area (Å²) in [5.74, 6) is -1.08. The number of hydrogen-bond acceptors (Lipinski definition) is 3. The Bertz CT molecular complexity index is 638. The van der Waals surface area contributed by atoms with E-state index in [0.717, 1.165) is 44.4 Å². The van der Waals surface area contributed by atoms with E-state index < -0.39 is 30.0 Å². The SMILES string of the molecule is O=C(CC(=O)NC1CCCCC1)N/N=C\c1ccccc1C(F)(F)F. The van der Waals surface area contributed by atoms with Crippen molar-refractivity contribution in [2.24, 2.45) is 5.10 Å². The quantitative estimate of drug-likeness (QED) is 0.484. The lowest BCUT2D eigenvalue weighted by molar-refractivity contribution is -0.137. The number of alkyl halides is 3. The molecule has 0 saturated heterocycles. The van der Waals surface area contributed by atoms with Crippen molar-refractivity contribution >= 4 is 18.0 Å². The maximum absolute atomic E-state index is 12.8. The number of carbonyl (C=O) groups excluding carboxylic acids is 2. The zero-order chi connectivity index (χ0) is 18.3. The molecule has 5 nitrogen and oxygen atoms in total. The second kappa shape index (κ2) is 8.64. The first kappa shape index (κ1) is 19.0. The Hall–Kier alpha value is -2.38. The molecule has 136 valence electrons. The average Bonchev–Trinajstić information content (AvgIpc) is 2.55. The molecule has 0 unspecified atom stereocenters. The molecule has 1 aliphatic rings. The molecule has 0 aliphatic heterocycles. The highest BCUT2D eigenvalue weighted by atomic mass is 19.4. The normalized spacial score (nSPS) is 16.0. The lowest BCUT2D eigenvalue weighted by Gasteiger charge is -2.22. The van der Waals surface area contributed by atoms with E-state index in [-0.39, 0.29) is 11.6 Å². The predicted molar refractivity (Wildman–Crippen MR) is 86.8 cm³/mol. The van der Waals surface area contributed by atoms with E-state index in [1.165, 1.54) is 18.2 Å². The molecule has 25 heavy (non-hydrogen) atoms. The van der Waals surface area contributed by atoms with Gasteiger partial charge in [-0.3, -0.25) is 9.59 Å². The summed E-state index contributed by atoms with van der Waals surface area (Å²) in [6.45, 7) is 0. The Morgan fingerprint density at radius 2 is 1.80 bits per heavy atom. The minimum absolute atomic E-state index is 0.0937. The Morgan fingerprint density at radius 1 is 1.12 bits per heavy atom. The number of carbonyl (C=O) groups is 2. The van der Waals surface area contributed by atoms with Crippen LogP contribution in [0.4, 0.5) is 13.2 Å². The Labute approximate surface area is 143 Å². The standard InChI is InChI=1S/C17H20F3N3O2/c18-17(19,20)14-9-5-4-6-12(14)11-21-23-16(25)10-15(24)22-13-7-2-1-3-8-13/h4-6,9,11,13H,1-3,7-8,10H2,(H,22,24)(H,23,25)/b21-11-. The number of nitrogens with one attached hydrogen (secondary N) is 2. The van der Waals surface area contributed by atoms with Crippen LogP contribution in [0.3, 0.4) is 0 Å². The van der Waals surface area contributed by atoms with Gasteiger partial charge in [-0.05, 0) is 18.9 Å². The zero-order valence-electron chi connectivity index (χ0n) is 13.6. The predicted octanol–water partition coefficient (Wildman–Crippen LogP) is 2.99. The summed E-state index contributed by atoms with van der Waals surface area (Å²) in [7, 11) is 0. The van der Waals surface area contributed by atoms with Crippen molar-refractivity contribution in [3.8, 4) is 0 Å². The lowest BCUT2D eigenvalue weighted by atomic mass is 9.95. The molecule has 0 radical (unpaired) electrons. The maximum atomic E-state index is 12.8. The fourth-order valence-electron chi connectivity index (χ4n) is 2.75. The topological polar surface area (TPSA) is 70.6 Å². The van der Waals surface area contributed by atoms with Crippen molar-refractivity contribution in [1.82, 2.24) is 10.7 Å². The average molecular weight is 355 g/mol. The molecule has 2 N–H and O–H groups in total. The van der Waals surface area contributed by atoms with Crippen LogP contribution in [0, 0.1) is 0 Å². The fourth-order valence-corrected chi connectivity index (χ4v) is 2.75. The highest BCUT2D eigenvalue weighted by molar-refractivity contribution is 5.97. The van der Waals surface area contributed by atoms with Gasteiger partial charge in [0, 0.05) is 11.6 Å². The zero-order valence-corrected chi connectivity index (χ0v) is 13.6. The first-order chi connectivity index (χ1) is 11.9. The van der Waals surface area contributed by atoms with Crippen LogP contribution in [0.15, 0.2) is 29.4 Å². The molecular weight excluding hydrogens is 335 g/mol. The monoisotopic (exact) mass is 355 g/mol. The van der Waals surface area contributed by atoms with Crippen LogP contribution in [0.2, 0.25) is 0 Å². The van der Waals surface area contributed by atoms with Gasteiger partial charge in [-0.25, -0.2) is 5.43 Å². The minimum atomic E-state index is -4.51. The van der Waals surface area contributed by atoms with Crippen molar-refractivity contribution < 1.29 is 22.8 Å². The van der Waals surface area contributed by atoms with Gasteiger partial charge in [-0.1, -0.05) is 37.5 Å². The molecule has 1 fully saturated rings. The summed E-state index contributed by atoms with van der Waals surface area (Å²) in [6, 6.07) is 4.98. The van der Waals surface area contributed by atoms with Gasteiger partial charge in [-0.2, -0.15) is 18.3 Å². The first-order valence-corrected chi connectivity index (χ1v) is 8.14. The van der Waals surface area contributed by atoms with Crippen LogP contribution in [0.25, 0.3) is 0 Å². The van der Waals surface area contributed by atoms with Gasteiger partial charge in [0.1, 0.15) is 6.42 Å². The second-order valence-corrected chi connectivity index (χ2v) is 5.96. The molecule has 8 heteroatoms. The summed E-state index contributed by atoms with van der Waals surface area (Å²) < 4.78 is 38.5. The molecule has 2 amide bonds. The van der Waals surface area contributed by atoms with Crippen LogP contribution in [-0.4, -0.2) is 24.1 Å². The van der Waals surface area contributed by atoms with Gasteiger partial charge in [0.05, 0.1) is 11.8 Å². The molecule has 0 bridgehead atoms. The van der Waals surface area contributed by atoms with Crippen LogP contribution < -0.4 is 10.7 Å². The third kappa shape index (κ3) is 6.21. The van der Waals surface area contributed by atoms with E-state index in [9.17, 15) is 22.8 Å². The second-order valence-electron chi connectivity index (χ2n) is 5.96. The van der Waals surface area contributed by atoms with E-state index >= 15 is 0 Å². The van der Waals surface area contributed by atoms with Crippen LogP contribution in [-0.2, 0) is 15.8 Å². The van der Waals surface area contributed by atoms with Gasteiger partial charge >= 0.3 is 6.18 Å². The van der Waals surface area contributed by atoms with Gasteiger partial charge < -0.3 is 5.32 Å². The lowest BCUT2D eigenvalue weighted by Crippen LogP contribution is -2.38. The van der Waals surface area contributed by atoms with E-state index in [4.69, 9.17) is 0 Å². The summed E-state index contributed by atoms with van der Waals surface area (Å²) in [6.07, 6.45) is 1.07. The van der Waals surface area contributed by atoms with Crippen molar-refractivity contribution in [3.63, 3.8) is 0 Å². The molecule has 1 aliphatic carbocycles. The van der Waals surface area contributed by atoms with Crippen LogP contribution in [0.5, 0.6) is 0 Å². The van der Waals surface area contributed by atoms with Crippen molar-refractivity contribution in [2.75, 3.05) is 0 Å². The third-order valence-electron chi connectivity index (χ3n) is 3.95. The molecular formula is C17H20F3N3O2. The van der Waals surface area contributed by atoms with Gasteiger partial charge in [0.25, 0.3) is 0 Å². The maximum Gasteiger partial charge on any atom is 0.417 e. The molecule has 0 atom stereocenters. The van der Waals surface area contributed by atoms with Crippen LogP contribution >= 0.6 is 0 Å². The van der Waals surface area contributed by atoms with Gasteiger partial charge in [0.15, 0.2) is 0 Å². The molecule has 2 rings (SSSR count). The van der Waals surface area contributed by atoms with E-state index in [1.54, 1.807) is 0 Å². The molecule has 0 spiro atoms. The minimum Gasteiger partial charge on any atom is -0.353 e. The molecule has 0 heterocycles. The van der Waals surface area contributed by atoms with Crippen LogP contribution in [0.1, 0.15) is 49.7 Å². The van der Waals surface area contributed by atoms with Crippen molar-refractivity contribution in [3.05, 3.63) is 35.4 Å². The Balaban J connectivity index is 1.83. The highest BCUT2D eigenvalue weighted by Crippen LogP contribution is 2.31. The first-order valence-electron chi connectivity index (χ1n) is 8.14. The van der Waals surface area contributed by atoms with E-state index in [1.807, 2.05) is 0 Å². The number of rotatable bonds is 5. The summed E-state index contributed by atoms with van der Waals surface area (Å²) >= 11 is 0. The number of nitrogens with zero attached hydrogens (tertiary/aromatic N) is 1. The Morgan fingerprint density at radius 3 is 2.48 bits per heavy atom.